The van der Waals surface area contributed by atoms with Crippen LogP contribution in [0.25, 0.3) is 0 Å². The molecule has 1 aliphatic heterocycles. The lowest BCUT2D eigenvalue weighted by Gasteiger charge is -2.29. The standard InChI is InChI=1S/C9H15NO2/c1-7-3-5-10(6-4-7)9(12)8(2)11/h7,11H,2-6H2,1H3. The lowest BCUT2D eigenvalue weighted by atomic mass is 9.99. The van der Waals surface area contributed by atoms with Crippen molar-refractivity contribution in [2.45, 2.75) is 19.8 Å². The Balaban J connectivity index is 2.44. The first kappa shape index (κ1) is 9.10. The molecule has 1 amide bonds. The van der Waals surface area contributed by atoms with E-state index in [9.17, 15) is 4.79 Å². The number of likely N-dealkylation sites (tertiary alicyclic amines) is 1. The number of nitrogens with zero attached hydrogens (tertiary/aromatic N) is 1. The molecule has 1 heterocycles. The zero-order valence-electron chi connectivity index (χ0n) is 7.42. The van der Waals surface area contributed by atoms with Crippen molar-refractivity contribution in [3.8, 4) is 0 Å². The molecule has 0 saturated carbocycles. The van der Waals surface area contributed by atoms with Gasteiger partial charge in [-0.05, 0) is 18.8 Å². The number of rotatable bonds is 1. The highest BCUT2D eigenvalue weighted by atomic mass is 16.3. The van der Waals surface area contributed by atoms with Crippen LogP contribution in [0, 0.1) is 5.92 Å². The normalized spacial score (nSPS) is 19.2. The van der Waals surface area contributed by atoms with Gasteiger partial charge in [0.1, 0.15) is 0 Å². The van der Waals surface area contributed by atoms with Crippen LogP contribution in [0.3, 0.4) is 0 Å². The van der Waals surface area contributed by atoms with E-state index in [-0.39, 0.29) is 11.7 Å². The first-order valence-electron chi connectivity index (χ1n) is 4.28. The van der Waals surface area contributed by atoms with Crippen molar-refractivity contribution in [1.29, 1.82) is 0 Å². The molecule has 0 spiro atoms. The van der Waals surface area contributed by atoms with E-state index in [4.69, 9.17) is 5.11 Å². The fraction of sp³-hybridized carbons (Fsp3) is 0.667. The number of aliphatic hydroxyl groups is 1. The third-order valence-corrected chi connectivity index (χ3v) is 2.32. The number of carbonyl (C=O) groups is 1. The van der Waals surface area contributed by atoms with E-state index >= 15 is 0 Å². The number of aliphatic hydroxyl groups excluding tert-OH is 1. The molecule has 0 aliphatic carbocycles. The van der Waals surface area contributed by atoms with Crippen molar-refractivity contribution < 1.29 is 9.90 Å². The highest BCUT2D eigenvalue weighted by molar-refractivity contribution is 5.90. The van der Waals surface area contributed by atoms with E-state index in [0.29, 0.717) is 5.92 Å². The van der Waals surface area contributed by atoms with Crippen LogP contribution < -0.4 is 0 Å². The van der Waals surface area contributed by atoms with Crippen molar-refractivity contribution in [2.75, 3.05) is 13.1 Å². The second-order valence-electron chi connectivity index (χ2n) is 3.42. The van der Waals surface area contributed by atoms with Crippen molar-refractivity contribution in [1.82, 2.24) is 4.90 Å². The molecule has 1 rings (SSSR count). The van der Waals surface area contributed by atoms with Gasteiger partial charge in [-0.3, -0.25) is 4.79 Å². The third kappa shape index (κ3) is 2.00. The van der Waals surface area contributed by atoms with Crippen LogP contribution in [0.4, 0.5) is 0 Å². The van der Waals surface area contributed by atoms with E-state index in [1.165, 1.54) is 0 Å². The van der Waals surface area contributed by atoms with Gasteiger partial charge in [0, 0.05) is 13.1 Å². The Hall–Kier alpha value is -0.990. The molecule has 68 valence electrons. The molecule has 1 fully saturated rings. The number of amides is 1. The number of hydrogen-bond acceptors (Lipinski definition) is 2. The summed E-state index contributed by atoms with van der Waals surface area (Å²) in [7, 11) is 0. The van der Waals surface area contributed by atoms with Gasteiger partial charge in [0.25, 0.3) is 5.91 Å². The summed E-state index contributed by atoms with van der Waals surface area (Å²) in [5.41, 5.74) is 0. The quantitative estimate of drug-likeness (QED) is 0.475. The first-order valence-corrected chi connectivity index (χ1v) is 4.28. The van der Waals surface area contributed by atoms with Crippen LogP contribution in [0.2, 0.25) is 0 Å². The minimum Gasteiger partial charge on any atom is -0.503 e. The van der Waals surface area contributed by atoms with Gasteiger partial charge in [0.2, 0.25) is 0 Å². The summed E-state index contributed by atoms with van der Waals surface area (Å²) in [4.78, 5) is 12.8. The number of piperidine rings is 1. The number of hydrogen-bond donors (Lipinski definition) is 1. The monoisotopic (exact) mass is 169 g/mol. The largest absolute Gasteiger partial charge is 0.503 e. The van der Waals surface area contributed by atoms with E-state index in [1.54, 1.807) is 4.90 Å². The second-order valence-corrected chi connectivity index (χ2v) is 3.42. The van der Waals surface area contributed by atoms with Gasteiger partial charge in [-0.1, -0.05) is 13.5 Å². The molecule has 3 heteroatoms. The molecule has 0 aromatic rings. The molecular weight excluding hydrogens is 154 g/mol. The minimum atomic E-state index is -0.343. The van der Waals surface area contributed by atoms with Crippen LogP contribution in [-0.4, -0.2) is 29.0 Å². The Morgan fingerprint density at radius 2 is 2.00 bits per heavy atom. The summed E-state index contributed by atoms with van der Waals surface area (Å²) in [5, 5.41) is 8.85. The molecule has 3 nitrogen and oxygen atoms in total. The number of carbonyl (C=O) groups excluding carboxylic acids is 1. The van der Waals surface area contributed by atoms with Crippen LogP contribution in [0.15, 0.2) is 12.3 Å². The van der Waals surface area contributed by atoms with Crippen LogP contribution in [0.1, 0.15) is 19.8 Å². The molecule has 0 atom stereocenters. The highest BCUT2D eigenvalue weighted by Gasteiger charge is 2.21. The maximum absolute atomic E-state index is 11.2. The van der Waals surface area contributed by atoms with Crippen molar-refractivity contribution in [3.63, 3.8) is 0 Å². The smallest absolute Gasteiger partial charge is 0.288 e. The minimum absolute atomic E-state index is 0.318. The topological polar surface area (TPSA) is 40.5 Å². The zero-order valence-corrected chi connectivity index (χ0v) is 7.42. The SMILES string of the molecule is C=C(O)C(=O)N1CCC(C)CC1. The zero-order chi connectivity index (χ0) is 9.14. The van der Waals surface area contributed by atoms with Gasteiger partial charge in [-0.15, -0.1) is 0 Å². The van der Waals surface area contributed by atoms with Gasteiger partial charge in [0.05, 0.1) is 0 Å². The molecule has 1 aliphatic rings. The molecule has 0 bridgehead atoms. The molecule has 12 heavy (non-hydrogen) atoms. The van der Waals surface area contributed by atoms with Crippen molar-refractivity contribution in [2.24, 2.45) is 5.92 Å². The molecule has 0 radical (unpaired) electrons. The van der Waals surface area contributed by atoms with Gasteiger partial charge in [-0.25, -0.2) is 0 Å². The fourth-order valence-corrected chi connectivity index (χ4v) is 1.39. The second kappa shape index (κ2) is 3.61. The molecular formula is C9H15NO2. The fourth-order valence-electron chi connectivity index (χ4n) is 1.39. The summed E-state index contributed by atoms with van der Waals surface area (Å²) in [6.45, 7) is 6.89. The van der Waals surface area contributed by atoms with Crippen LogP contribution >= 0.6 is 0 Å². The third-order valence-electron chi connectivity index (χ3n) is 2.32. The summed E-state index contributed by atoms with van der Waals surface area (Å²) in [6.07, 6.45) is 2.05. The van der Waals surface area contributed by atoms with Crippen molar-refractivity contribution >= 4 is 5.91 Å². The molecule has 0 aromatic carbocycles. The molecule has 1 saturated heterocycles. The summed E-state index contributed by atoms with van der Waals surface area (Å²) in [5.74, 6) is 0.0347. The highest BCUT2D eigenvalue weighted by Crippen LogP contribution is 2.16. The van der Waals surface area contributed by atoms with Crippen LogP contribution in [-0.2, 0) is 4.79 Å². The Morgan fingerprint density at radius 3 is 2.42 bits per heavy atom. The maximum Gasteiger partial charge on any atom is 0.288 e. The predicted molar refractivity (Wildman–Crippen MR) is 46.7 cm³/mol. The average Bonchev–Trinajstić information content (AvgIpc) is 2.04. The van der Waals surface area contributed by atoms with E-state index in [1.807, 2.05) is 0 Å². The summed E-state index contributed by atoms with van der Waals surface area (Å²) < 4.78 is 0. The Labute approximate surface area is 72.7 Å². The first-order chi connectivity index (χ1) is 5.61. The molecule has 0 unspecified atom stereocenters. The average molecular weight is 169 g/mol. The summed E-state index contributed by atoms with van der Waals surface area (Å²) >= 11 is 0. The Morgan fingerprint density at radius 1 is 1.50 bits per heavy atom. The van der Waals surface area contributed by atoms with Gasteiger partial charge < -0.3 is 10.0 Å². The van der Waals surface area contributed by atoms with Gasteiger partial charge >= 0.3 is 0 Å². The lowest BCUT2D eigenvalue weighted by Crippen LogP contribution is -2.38. The summed E-state index contributed by atoms with van der Waals surface area (Å²) in [6, 6.07) is 0. The Kier molecular flexibility index (Phi) is 2.74. The van der Waals surface area contributed by atoms with Crippen LogP contribution in [0.5, 0.6) is 0 Å². The maximum atomic E-state index is 11.2. The van der Waals surface area contributed by atoms with E-state index in [0.717, 1.165) is 25.9 Å². The predicted octanol–water partition coefficient (Wildman–Crippen LogP) is 1.32. The molecule has 0 aromatic heterocycles. The van der Waals surface area contributed by atoms with Gasteiger partial charge in [0.15, 0.2) is 5.76 Å². The van der Waals surface area contributed by atoms with Gasteiger partial charge in [-0.2, -0.15) is 0 Å². The van der Waals surface area contributed by atoms with E-state index in [2.05, 4.69) is 13.5 Å². The lowest BCUT2D eigenvalue weighted by molar-refractivity contribution is -0.131. The van der Waals surface area contributed by atoms with Crippen molar-refractivity contribution in [3.05, 3.63) is 12.3 Å². The van der Waals surface area contributed by atoms with E-state index < -0.39 is 0 Å². The Bertz CT molecular complexity index is 193. The molecule has 1 N–H and O–H groups in total.